The molecule has 0 saturated heterocycles. The summed E-state index contributed by atoms with van der Waals surface area (Å²) in [5, 5.41) is 7.02. The van der Waals surface area contributed by atoms with Crippen LogP contribution in [-0.4, -0.2) is 30.5 Å². The number of benzene rings is 1. The molecule has 1 aromatic carbocycles. The fourth-order valence-electron chi connectivity index (χ4n) is 2.72. The zero-order chi connectivity index (χ0) is 18.1. The van der Waals surface area contributed by atoms with Crippen LogP contribution in [0.3, 0.4) is 0 Å². The lowest BCUT2D eigenvalue weighted by Gasteiger charge is -2.11. The van der Waals surface area contributed by atoms with E-state index in [2.05, 4.69) is 25.4 Å². The van der Waals surface area contributed by atoms with E-state index in [1.165, 1.54) is 11.3 Å². The van der Waals surface area contributed by atoms with Gasteiger partial charge in [-0.1, -0.05) is 23.5 Å². The molecule has 0 aliphatic rings. The lowest BCUT2D eigenvalue weighted by Crippen LogP contribution is -2.28. The molecule has 0 radical (unpaired) electrons. The number of rotatable bonds is 5. The molecule has 0 bridgehead atoms. The average Bonchev–Trinajstić information content (AvgIpc) is 3.22. The summed E-state index contributed by atoms with van der Waals surface area (Å²) >= 11 is 1.44. The number of nitrogens with one attached hydrogen (secondary N) is 2. The Bertz CT molecular complexity index is 1120. The summed E-state index contributed by atoms with van der Waals surface area (Å²) in [4.78, 5) is 36.7. The summed E-state index contributed by atoms with van der Waals surface area (Å²) in [5.74, 6) is -0.156. The van der Waals surface area contributed by atoms with E-state index < -0.39 is 0 Å². The van der Waals surface area contributed by atoms with Crippen molar-refractivity contribution in [2.24, 2.45) is 0 Å². The van der Waals surface area contributed by atoms with Crippen molar-refractivity contribution < 1.29 is 4.79 Å². The van der Waals surface area contributed by atoms with Gasteiger partial charge in [-0.3, -0.25) is 9.59 Å². The van der Waals surface area contributed by atoms with Crippen LogP contribution in [0.2, 0.25) is 0 Å². The second-order valence-electron chi connectivity index (χ2n) is 5.95. The van der Waals surface area contributed by atoms with Gasteiger partial charge in [0.25, 0.3) is 5.56 Å². The van der Waals surface area contributed by atoms with E-state index >= 15 is 0 Å². The summed E-state index contributed by atoms with van der Waals surface area (Å²) in [7, 11) is 0. The van der Waals surface area contributed by atoms with E-state index in [1.54, 1.807) is 22.3 Å². The number of carbonyl (C=O) groups is 1. The molecule has 9 heteroatoms. The number of hydrogen-bond donors (Lipinski definition) is 2. The van der Waals surface area contributed by atoms with Crippen molar-refractivity contribution in [2.75, 3.05) is 0 Å². The first-order chi connectivity index (χ1) is 12.6. The van der Waals surface area contributed by atoms with E-state index in [-0.39, 0.29) is 30.3 Å². The van der Waals surface area contributed by atoms with Gasteiger partial charge < -0.3 is 10.3 Å². The molecule has 1 atom stereocenters. The van der Waals surface area contributed by atoms with Crippen LogP contribution in [0.4, 0.5) is 0 Å². The number of hydrogen-bond acceptors (Lipinski definition) is 6. The number of aromatic nitrogens is 5. The molecule has 26 heavy (non-hydrogen) atoms. The number of H-pyrrole nitrogens is 1. The van der Waals surface area contributed by atoms with Crippen molar-refractivity contribution in [1.82, 2.24) is 29.9 Å². The highest BCUT2D eigenvalue weighted by molar-refractivity contribution is 7.14. The number of aromatic amines is 1. The van der Waals surface area contributed by atoms with Crippen LogP contribution in [0.15, 0.2) is 40.8 Å². The zero-order valence-corrected chi connectivity index (χ0v) is 14.8. The van der Waals surface area contributed by atoms with Crippen LogP contribution in [0.1, 0.15) is 30.8 Å². The van der Waals surface area contributed by atoms with Gasteiger partial charge in [0.1, 0.15) is 11.2 Å². The summed E-state index contributed by atoms with van der Waals surface area (Å²) in [5.41, 5.74) is 3.96. The van der Waals surface area contributed by atoms with Gasteiger partial charge >= 0.3 is 0 Å². The van der Waals surface area contributed by atoms with Crippen molar-refractivity contribution in [2.45, 2.75) is 25.8 Å². The fourth-order valence-corrected chi connectivity index (χ4v) is 3.33. The van der Waals surface area contributed by atoms with Crippen molar-refractivity contribution in [3.63, 3.8) is 0 Å². The Balaban J connectivity index is 1.41. The molecule has 1 amide bonds. The third kappa shape index (κ3) is 3.21. The maximum absolute atomic E-state index is 12.2. The molecule has 3 aromatic heterocycles. The summed E-state index contributed by atoms with van der Waals surface area (Å²) in [6.45, 7) is 1.87. The second kappa shape index (κ2) is 6.68. The number of carbonyl (C=O) groups excluding carboxylic acids is 1. The highest BCUT2D eigenvalue weighted by Crippen LogP contribution is 2.15. The van der Waals surface area contributed by atoms with Crippen molar-refractivity contribution in [3.05, 3.63) is 57.7 Å². The molecule has 0 aliphatic carbocycles. The van der Waals surface area contributed by atoms with Crippen molar-refractivity contribution >= 4 is 33.2 Å². The SMILES string of the molecule is CC(NC(=O)CCc1nc2ccccc2[nH]c1=O)c1cn2ncsc2n1. The Morgan fingerprint density at radius 1 is 1.35 bits per heavy atom. The molecule has 0 aliphatic heterocycles. The molecule has 1 unspecified atom stereocenters. The van der Waals surface area contributed by atoms with Gasteiger partial charge in [-0.15, -0.1) is 0 Å². The van der Waals surface area contributed by atoms with Gasteiger partial charge in [0.2, 0.25) is 10.9 Å². The first kappa shape index (κ1) is 16.4. The summed E-state index contributed by atoms with van der Waals surface area (Å²) in [6.07, 6.45) is 2.25. The Morgan fingerprint density at radius 2 is 2.19 bits per heavy atom. The van der Waals surface area contributed by atoms with E-state index in [1.807, 2.05) is 25.1 Å². The standard InChI is InChI=1S/C17H16N6O2S/c1-10(14-8-23-17(22-14)26-9-18-23)19-15(24)7-6-13-16(25)21-12-5-3-2-4-11(12)20-13/h2-5,8-10H,6-7H2,1H3,(H,19,24)(H,21,25). The highest BCUT2D eigenvalue weighted by atomic mass is 32.1. The average molecular weight is 368 g/mol. The predicted octanol–water partition coefficient (Wildman–Crippen LogP) is 1.84. The van der Waals surface area contributed by atoms with Crippen LogP contribution in [0.25, 0.3) is 16.0 Å². The van der Waals surface area contributed by atoms with Crippen LogP contribution in [0.5, 0.6) is 0 Å². The monoisotopic (exact) mass is 368 g/mol. The Kier molecular flexibility index (Phi) is 4.21. The second-order valence-corrected chi connectivity index (χ2v) is 6.76. The quantitative estimate of drug-likeness (QED) is 0.559. The van der Waals surface area contributed by atoms with Crippen molar-refractivity contribution in [3.8, 4) is 0 Å². The lowest BCUT2D eigenvalue weighted by atomic mass is 10.2. The molecule has 4 rings (SSSR count). The summed E-state index contributed by atoms with van der Waals surface area (Å²) in [6, 6.07) is 7.08. The van der Waals surface area contributed by atoms with Gasteiger partial charge in [0, 0.05) is 12.8 Å². The zero-order valence-electron chi connectivity index (χ0n) is 14.0. The first-order valence-electron chi connectivity index (χ1n) is 8.16. The minimum Gasteiger partial charge on any atom is -0.348 e. The summed E-state index contributed by atoms with van der Waals surface area (Å²) < 4.78 is 1.68. The highest BCUT2D eigenvalue weighted by Gasteiger charge is 2.15. The van der Waals surface area contributed by atoms with Gasteiger partial charge in [-0.25, -0.2) is 14.5 Å². The molecule has 3 heterocycles. The van der Waals surface area contributed by atoms with Gasteiger partial charge in [0.15, 0.2) is 0 Å². The molecule has 0 saturated carbocycles. The Labute approximate surface area is 151 Å². The number of amides is 1. The minimum absolute atomic E-state index is 0.156. The molecule has 132 valence electrons. The van der Waals surface area contributed by atoms with E-state index in [9.17, 15) is 9.59 Å². The van der Waals surface area contributed by atoms with Crippen LogP contribution >= 0.6 is 11.3 Å². The Morgan fingerprint density at radius 3 is 3.04 bits per heavy atom. The third-order valence-electron chi connectivity index (χ3n) is 4.08. The molecular weight excluding hydrogens is 352 g/mol. The number of nitrogens with zero attached hydrogens (tertiary/aromatic N) is 4. The van der Waals surface area contributed by atoms with Crippen LogP contribution < -0.4 is 10.9 Å². The number of aryl methyl sites for hydroxylation is 1. The van der Waals surface area contributed by atoms with Gasteiger partial charge in [-0.05, 0) is 19.1 Å². The molecule has 2 N–H and O–H groups in total. The topological polar surface area (TPSA) is 105 Å². The van der Waals surface area contributed by atoms with Crippen molar-refractivity contribution in [1.29, 1.82) is 0 Å². The Hall–Kier alpha value is -3.07. The fraction of sp³-hybridized carbons (Fsp3) is 0.235. The minimum atomic E-state index is -0.259. The van der Waals surface area contributed by atoms with Crippen LogP contribution in [-0.2, 0) is 11.2 Å². The van der Waals surface area contributed by atoms with Crippen LogP contribution in [0, 0.1) is 0 Å². The third-order valence-corrected chi connectivity index (χ3v) is 4.77. The normalized spacial score (nSPS) is 12.5. The number of imidazole rings is 1. The van der Waals surface area contributed by atoms with E-state index in [0.717, 1.165) is 10.7 Å². The molecule has 0 fully saturated rings. The van der Waals surface area contributed by atoms with Gasteiger partial charge in [-0.2, -0.15) is 5.10 Å². The first-order valence-corrected chi connectivity index (χ1v) is 9.04. The number of fused-ring (bicyclic) bond motifs is 2. The molecular formula is C17H16N6O2S. The molecule has 4 aromatic rings. The van der Waals surface area contributed by atoms with E-state index in [4.69, 9.17) is 0 Å². The molecule has 8 nitrogen and oxygen atoms in total. The largest absolute Gasteiger partial charge is 0.348 e. The van der Waals surface area contributed by atoms with Gasteiger partial charge in [0.05, 0.1) is 29.0 Å². The molecule has 0 spiro atoms. The van der Waals surface area contributed by atoms with E-state index in [0.29, 0.717) is 16.7 Å². The predicted molar refractivity (Wildman–Crippen MR) is 98.1 cm³/mol. The lowest BCUT2D eigenvalue weighted by molar-refractivity contribution is -0.121. The number of para-hydroxylation sites is 2. The maximum Gasteiger partial charge on any atom is 0.270 e. The smallest absolute Gasteiger partial charge is 0.270 e. The maximum atomic E-state index is 12.2.